The lowest BCUT2D eigenvalue weighted by molar-refractivity contribution is -0.173. The Balaban J connectivity index is 1.62. The van der Waals surface area contributed by atoms with E-state index in [-0.39, 0.29) is 17.9 Å². The first-order valence-corrected chi connectivity index (χ1v) is 9.55. The van der Waals surface area contributed by atoms with E-state index in [4.69, 9.17) is 5.26 Å². The van der Waals surface area contributed by atoms with Gasteiger partial charge >= 0.3 is 6.18 Å². The summed E-state index contributed by atoms with van der Waals surface area (Å²) in [7, 11) is 0. The van der Waals surface area contributed by atoms with Gasteiger partial charge in [0.2, 0.25) is 0 Å². The van der Waals surface area contributed by atoms with E-state index in [1.54, 1.807) is 12.1 Å². The summed E-state index contributed by atoms with van der Waals surface area (Å²) in [5.41, 5.74) is 2.45. The van der Waals surface area contributed by atoms with E-state index in [9.17, 15) is 18.0 Å². The van der Waals surface area contributed by atoms with Crippen LogP contribution in [0.15, 0.2) is 54.6 Å². The molecule has 4 rings (SSSR count). The summed E-state index contributed by atoms with van der Waals surface area (Å²) < 4.78 is 42.2. The van der Waals surface area contributed by atoms with Crippen molar-refractivity contribution in [3.05, 3.63) is 77.0 Å². The molecule has 2 atom stereocenters. The average Bonchev–Trinajstić information content (AvgIpc) is 3.17. The van der Waals surface area contributed by atoms with Gasteiger partial charge in [0.05, 0.1) is 17.7 Å². The Morgan fingerprint density at radius 2 is 1.87 bits per heavy atom. The summed E-state index contributed by atoms with van der Waals surface area (Å²) in [4.78, 5) is 12.6. The number of nitrogens with zero attached hydrogens (tertiary/aromatic N) is 3. The van der Waals surface area contributed by atoms with Crippen LogP contribution < -0.4 is 10.6 Å². The number of hydrogen-bond acceptors (Lipinski definition) is 4. The summed E-state index contributed by atoms with van der Waals surface area (Å²) >= 11 is 0. The summed E-state index contributed by atoms with van der Waals surface area (Å²) in [6.45, 7) is 1.91. The van der Waals surface area contributed by atoms with Crippen molar-refractivity contribution in [2.75, 3.05) is 10.6 Å². The number of rotatable bonds is 3. The quantitative estimate of drug-likeness (QED) is 0.620. The number of anilines is 2. The molecule has 0 aliphatic carbocycles. The number of carbonyl (C=O) groups is 1. The van der Waals surface area contributed by atoms with Crippen molar-refractivity contribution in [1.82, 2.24) is 9.78 Å². The molecule has 1 aliphatic heterocycles. The third-order valence-corrected chi connectivity index (χ3v) is 5.17. The molecule has 3 aromatic rings. The van der Waals surface area contributed by atoms with Crippen molar-refractivity contribution in [2.24, 2.45) is 0 Å². The molecular weight excluding hydrogens is 407 g/mol. The Bertz CT molecular complexity index is 1140. The van der Waals surface area contributed by atoms with Crippen LogP contribution >= 0.6 is 0 Å². The molecule has 0 spiro atoms. The smallest absolute Gasteiger partial charge is 0.363 e. The zero-order valence-electron chi connectivity index (χ0n) is 16.4. The standard InChI is InChI=1S/C22H18F3N5O/c1-13-2-6-15(7-3-13)17-10-19(22(23,24)25)30-20(28-17)11-18(29-30)21(31)27-16-8-4-14(12-26)5-9-16/h2-9,11,17,19,28H,10H2,1H3,(H,27,31)/t17-,19-/m1/s1. The van der Waals surface area contributed by atoms with Crippen LogP contribution in [0.5, 0.6) is 0 Å². The van der Waals surface area contributed by atoms with Gasteiger partial charge in [-0.1, -0.05) is 29.8 Å². The third-order valence-electron chi connectivity index (χ3n) is 5.17. The van der Waals surface area contributed by atoms with Gasteiger partial charge in [-0.3, -0.25) is 4.79 Å². The number of hydrogen-bond donors (Lipinski definition) is 2. The van der Waals surface area contributed by atoms with E-state index < -0.39 is 24.2 Å². The van der Waals surface area contributed by atoms with Crippen LogP contribution in [-0.4, -0.2) is 21.9 Å². The van der Waals surface area contributed by atoms with Crippen LogP contribution in [0.2, 0.25) is 0 Å². The van der Waals surface area contributed by atoms with Crippen LogP contribution in [0.25, 0.3) is 0 Å². The van der Waals surface area contributed by atoms with E-state index >= 15 is 0 Å². The molecule has 6 nitrogen and oxygen atoms in total. The van der Waals surface area contributed by atoms with E-state index in [0.29, 0.717) is 11.3 Å². The number of nitrogens with one attached hydrogen (secondary N) is 2. The van der Waals surface area contributed by atoms with Crippen LogP contribution in [0.1, 0.15) is 45.7 Å². The molecule has 0 bridgehead atoms. The lowest BCUT2D eigenvalue weighted by atomic mass is 9.96. The highest BCUT2D eigenvalue weighted by Crippen LogP contribution is 2.43. The number of halogens is 3. The predicted molar refractivity (Wildman–Crippen MR) is 109 cm³/mol. The molecule has 1 aromatic heterocycles. The van der Waals surface area contributed by atoms with Gasteiger partial charge in [0.25, 0.3) is 5.91 Å². The fourth-order valence-corrected chi connectivity index (χ4v) is 3.53. The average molecular weight is 425 g/mol. The lowest BCUT2D eigenvalue weighted by Gasteiger charge is -2.33. The second kappa shape index (κ2) is 7.80. The van der Waals surface area contributed by atoms with E-state index in [1.165, 1.54) is 30.3 Å². The molecule has 2 heterocycles. The molecule has 0 saturated heterocycles. The van der Waals surface area contributed by atoms with Gasteiger partial charge in [0.1, 0.15) is 5.82 Å². The number of aromatic nitrogens is 2. The number of nitriles is 1. The highest BCUT2D eigenvalue weighted by atomic mass is 19.4. The number of fused-ring (bicyclic) bond motifs is 1. The Kier molecular flexibility index (Phi) is 5.15. The Hall–Kier alpha value is -3.80. The van der Waals surface area contributed by atoms with Crippen molar-refractivity contribution < 1.29 is 18.0 Å². The van der Waals surface area contributed by atoms with Crippen molar-refractivity contribution in [3.63, 3.8) is 0 Å². The predicted octanol–water partition coefficient (Wildman–Crippen LogP) is 4.98. The molecule has 0 radical (unpaired) electrons. The van der Waals surface area contributed by atoms with Crippen LogP contribution in [0.3, 0.4) is 0 Å². The molecule has 0 saturated carbocycles. The van der Waals surface area contributed by atoms with Gasteiger partial charge in [-0.05, 0) is 36.8 Å². The normalized spacial score (nSPS) is 17.9. The zero-order chi connectivity index (χ0) is 22.2. The van der Waals surface area contributed by atoms with Gasteiger partial charge < -0.3 is 10.6 Å². The van der Waals surface area contributed by atoms with Gasteiger partial charge in [0.15, 0.2) is 11.7 Å². The number of aryl methyl sites for hydroxylation is 1. The Labute approximate surface area is 176 Å². The molecule has 2 aromatic carbocycles. The molecule has 1 aliphatic rings. The fourth-order valence-electron chi connectivity index (χ4n) is 3.53. The maximum Gasteiger partial charge on any atom is 0.410 e. The summed E-state index contributed by atoms with van der Waals surface area (Å²) in [5, 5.41) is 18.4. The van der Waals surface area contributed by atoms with Gasteiger partial charge in [-0.15, -0.1) is 0 Å². The number of alkyl halides is 3. The molecular formula is C22H18F3N5O. The highest BCUT2D eigenvalue weighted by molar-refractivity contribution is 6.03. The number of carbonyl (C=O) groups excluding carboxylic acids is 1. The SMILES string of the molecule is Cc1ccc([C@H]2C[C@H](C(F)(F)F)n3nc(C(=O)Nc4ccc(C#N)cc4)cc3N2)cc1. The molecule has 1 amide bonds. The molecule has 2 N–H and O–H groups in total. The van der Waals surface area contributed by atoms with Crippen LogP contribution in [0.4, 0.5) is 24.7 Å². The van der Waals surface area contributed by atoms with Gasteiger partial charge in [-0.2, -0.15) is 23.5 Å². The largest absolute Gasteiger partial charge is 0.410 e. The number of amides is 1. The highest BCUT2D eigenvalue weighted by Gasteiger charge is 2.46. The second-order valence-electron chi connectivity index (χ2n) is 7.40. The molecule has 158 valence electrons. The monoisotopic (exact) mass is 425 g/mol. The third kappa shape index (κ3) is 4.23. The first kappa shape index (κ1) is 20.5. The Morgan fingerprint density at radius 1 is 1.19 bits per heavy atom. The summed E-state index contributed by atoms with van der Waals surface area (Å²) in [6.07, 6.45) is -4.76. The maximum atomic E-state index is 13.8. The lowest BCUT2D eigenvalue weighted by Crippen LogP contribution is -2.35. The Morgan fingerprint density at radius 3 is 2.48 bits per heavy atom. The minimum absolute atomic E-state index is 0.129. The van der Waals surface area contributed by atoms with E-state index in [2.05, 4.69) is 15.7 Å². The topological polar surface area (TPSA) is 82.7 Å². The van der Waals surface area contributed by atoms with Crippen molar-refractivity contribution in [2.45, 2.75) is 31.6 Å². The minimum Gasteiger partial charge on any atom is -0.363 e. The zero-order valence-corrected chi connectivity index (χ0v) is 16.4. The van der Waals surface area contributed by atoms with Gasteiger partial charge in [0, 0.05) is 18.2 Å². The fraction of sp³-hybridized carbons (Fsp3) is 0.227. The van der Waals surface area contributed by atoms with E-state index in [0.717, 1.165) is 15.8 Å². The first-order valence-electron chi connectivity index (χ1n) is 9.55. The van der Waals surface area contributed by atoms with Gasteiger partial charge in [-0.25, -0.2) is 4.68 Å². The molecule has 9 heteroatoms. The number of benzene rings is 2. The summed E-state index contributed by atoms with van der Waals surface area (Å²) in [6, 6.07) is 14.3. The molecule has 31 heavy (non-hydrogen) atoms. The second-order valence-corrected chi connectivity index (χ2v) is 7.40. The van der Waals surface area contributed by atoms with Crippen LogP contribution in [0, 0.1) is 18.3 Å². The van der Waals surface area contributed by atoms with Crippen LogP contribution in [-0.2, 0) is 0 Å². The molecule has 0 unspecified atom stereocenters. The summed E-state index contributed by atoms with van der Waals surface area (Å²) in [5.74, 6) is -0.509. The van der Waals surface area contributed by atoms with Crippen molar-refractivity contribution >= 4 is 17.4 Å². The van der Waals surface area contributed by atoms with E-state index in [1.807, 2.05) is 25.1 Å². The maximum absolute atomic E-state index is 13.8. The molecule has 0 fully saturated rings. The van der Waals surface area contributed by atoms with Crippen molar-refractivity contribution in [1.29, 1.82) is 5.26 Å². The first-order chi connectivity index (χ1) is 14.7. The van der Waals surface area contributed by atoms with Crippen molar-refractivity contribution in [3.8, 4) is 6.07 Å². The minimum atomic E-state index is -4.52.